The Kier molecular flexibility index (Phi) is 3.86. The van der Waals surface area contributed by atoms with Crippen molar-refractivity contribution in [2.75, 3.05) is 21.3 Å². The van der Waals surface area contributed by atoms with E-state index in [-0.39, 0.29) is 0 Å². The number of methoxy groups -OCH3 is 3. The fourth-order valence-corrected chi connectivity index (χ4v) is 2.91. The molecule has 0 radical (unpaired) electrons. The van der Waals surface area contributed by atoms with Gasteiger partial charge in [0.25, 0.3) is 0 Å². The van der Waals surface area contributed by atoms with E-state index < -0.39 is 12.1 Å². The topological polar surface area (TPSA) is 54.0 Å². The Labute approximate surface area is 134 Å². The molecule has 2 aromatic carbocycles. The molecule has 0 fully saturated rings. The van der Waals surface area contributed by atoms with E-state index in [9.17, 15) is 4.79 Å². The SMILES string of the molecule is COc1ccc(OC)c(C2OC(=O)c3c(OC)ccc(C)c32)c1. The molecular weight excluding hydrogens is 296 g/mol. The molecule has 0 aliphatic carbocycles. The summed E-state index contributed by atoms with van der Waals surface area (Å²) < 4.78 is 21.6. The summed E-state index contributed by atoms with van der Waals surface area (Å²) in [6.45, 7) is 1.94. The average Bonchev–Trinajstić information content (AvgIpc) is 2.93. The lowest BCUT2D eigenvalue weighted by atomic mass is 9.93. The highest BCUT2D eigenvalue weighted by atomic mass is 16.6. The van der Waals surface area contributed by atoms with Gasteiger partial charge in [-0.25, -0.2) is 4.79 Å². The zero-order valence-electron chi connectivity index (χ0n) is 13.5. The second kappa shape index (κ2) is 5.83. The van der Waals surface area contributed by atoms with E-state index in [0.29, 0.717) is 22.8 Å². The van der Waals surface area contributed by atoms with Crippen LogP contribution in [0.15, 0.2) is 30.3 Å². The van der Waals surface area contributed by atoms with Crippen LogP contribution in [0.5, 0.6) is 17.2 Å². The number of benzene rings is 2. The predicted molar refractivity (Wildman–Crippen MR) is 84.5 cm³/mol. The van der Waals surface area contributed by atoms with Crippen LogP contribution in [0.3, 0.4) is 0 Å². The molecule has 0 N–H and O–H groups in total. The van der Waals surface area contributed by atoms with Crippen molar-refractivity contribution in [2.45, 2.75) is 13.0 Å². The lowest BCUT2D eigenvalue weighted by Gasteiger charge is -2.17. The molecule has 0 saturated heterocycles. The van der Waals surface area contributed by atoms with Crippen molar-refractivity contribution in [3.8, 4) is 17.2 Å². The zero-order valence-corrected chi connectivity index (χ0v) is 13.5. The number of esters is 1. The molecule has 3 rings (SSSR count). The number of hydrogen-bond acceptors (Lipinski definition) is 5. The third-order valence-corrected chi connectivity index (χ3v) is 4.06. The van der Waals surface area contributed by atoms with Crippen LogP contribution in [-0.4, -0.2) is 27.3 Å². The highest BCUT2D eigenvalue weighted by molar-refractivity contribution is 5.98. The smallest absolute Gasteiger partial charge is 0.343 e. The van der Waals surface area contributed by atoms with Gasteiger partial charge in [-0.15, -0.1) is 0 Å². The largest absolute Gasteiger partial charge is 0.497 e. The lowest BCUT2D eigenvalue weighted by molar-refractivity contribution is 0.0450. The van der Waals surface area contributed by atoms with E-state index in [1.54, 1.807) is 32.4 Å². The molecule has 0 spiro atoms. The molecule has 120 valence electrons. The van der Waals surface area contributed by atoms with Gasteiger partial charge in [0.1, 0.15) is 22.8 Å². The first-order valence-electron chi connectivity index (χ1n) is 7.21. The molecule has 0 saturated carbocycles. The second-order valence-corrected chi connectivity index (χ2v) is 5.27. The van der Waals surface area contributed by atoms with Crippen LogP contribution in [-0.2, 0) is 4.74 Å². The third-order valence-electron chi connectivity index (χ3n) is 4.06. The zero-order chi connectivity index (χ0) is 16.6. The molecule has 0 aromatic heterocycles. The van der Waals surface area contributed by atoms with Crippen LogP contribution in [0.25, 0.3) is 0 Å². The molecule has 1 unspecified atom stereocenters. The predicted octanol–water partition coefficient (Wildman–Crippen LogP) is 3.28. The summed E-state index contributed by atoms with van der Waals surface area (Å²) in [4.78, 5) is 12.4. The molecule has 5 nitrogen and oxygen atoms in total. The molecule has 0 bridgehead atoms. The number of rotatable bonds is 4. The number of fused-ring (bicyclic) bond motifs is 1. The Morgan fingerprint density at radius 2 is 1.65 bits per heavy atom. The van der Waals surface area contributed by atoms with Gasteiger partial charge in [0.05, 0.1) is 21.3 Å². The Morgan fingerprint density at radius 3 is 2.30 bits per heavy atom. The number of cyclic esters (lactones) is 1. The van der Waals surface area contributed by atoms with Crippen LogP contribution >= 0.6 is 0 Å². The number of ether oxygens (including phenoxy) is 4. The minimum atomic E-state index is -0.544. The summed E-state index contributed by atoms with van der Waals surface area (Å²) in [6, 6.07) is 9.12. The summed E-state index contributed by atoms with van der Waals surface area (Å²) in [7, 11) is 4.72. The van der Waals surface area contributed by atoms with Gasteiger partial charge in [0.15, 0.2) is 6.10 Å². The van der Waals surface area contributed by atoms with Crippen LogP contribution in [0.1, 0.15) is 33.2 Å². The molecule has 23 heavy (non-hydrogen) atoms. The lowest BCUT2D eigenvalue weighted by Crippen LogP contribution is -2.04. The van der Waals surface area contributed by atoms with E-state index in [1.807, 2.05) is 19.1 Å². The van der Waals surface area contributed by atoms with Gasteiger partial charge in [-0.2, -0.15) is 0 Å². The van der Waals surface area contributed by atoms with Gasteiger partial charge in [-0.3, -0.25) is 0 Å². The molecule has 2 aromatic rings. The summed E-state index contributed by atoms with van der Waals surface area (Å²) >= 11 is 0. The van der Waals surface area contributed by atoms with E-state index >= 15 is 0 Å². The first-order valence-corrected chi connectivity index (χ1v) is 7.21. The van der Waals surface area contributed by atoms with Gasteiger partial charge in [-0.05, 0) is 36.8 Å². The van der Waals surface area contributed by atoms with Gasteiger partial charge < -0.3 is 18.9 Å². The quantitative estimate of drug-likeness (QED) is 0.811. The maximum atomic E-state index is 12.4. The van der Waals surface area contributed by atoms with Crippen molar-refractivity contribution in [1.82, 2.24) is 0 Å². The monoisotopic (exact) mass is 314 g/mol. The van der Waals surface area contributed by atoms with Gasteiger partial charge in [0, 0.05) is 11.1 Å². The highest BCUT2D eigenvalue weighted by Gasteiger charge is 2.38. The Morgan fingerprint density at radius 1 is 0.957 bits per heavy atom. The number of hydrogen-bond donors (Lipinski definition) is 0. The minimum Gasteiger partial charge on any atom is -0.497 e. The normalized spacial score (nSPS) is 15.8. The molecule has 5 heteroatoms. The van der Waals surface area contributed by atoms with Crippen LogP contribution in [0, 0.1) is 6.92 Å². The van der Waals surface area contributed by atoms with Crippen LogP contribution < -0.4 is 14.2 Å². The maximum absolute atomic E-state index is 12.4. The molecule has 1 aliphatic rings. The van der Waals surface area contributed by atoms with E-state index in [2.05, 4.69) is 0 Å². The standard InChI is InChI=1S/C18H18O5/c1-10-5-7-14(22-4)16-15(10)17(23-18(16)19)12-9-11(20-2)6-8-13(12)21-3/h5-9,17H,1-4H3. The van der Waals surface area contributed by atoms with E-state index in [4.69, 9.17) is 18.9 Å². The van der Waals surface area contributed by atoms with Crippen molar-refractivity contribution < 1.29 is 23.7 Å². The fraction of sp³-hybridized carbons (Fsp3) is 0.278. The van der Waals surface area contributed by atoms with Crippen molar-refractivity contribution in [3.63, 3.8) is 0 Å². The van der Waals surface area contributed by atoms with Gasteiger partial charge in [0.2, 0.25) is 0 Å². The van der Waals surface area contributed by atoms with E-state index in [1.165, 1.54) is 7.11 Å². The Balaban J connectivity index is 2.21. The minimum absolute atomic E-state index is 0.393. The fourth-order valence-electron chi connectivity index (χ4n) is 2.91. The van der Waals surface area contributed by atoms with Crippen LogP contribution in [0.2, 0.25) is 0 Å². The molecule has 1 atom stereocenters. The van der Waals surface area contributed by atoms with Crippen LogP contribution in [0.4, 0.5) is 0 Å². The molecule has 1 heterocycles. The number of aryl methyl sites for hydroxylation is 1. The van der Waals surface area contributed by atoms with Gasteiger partial charge >= 0.3 is 5.97 Å². The summed E-state index contributed by atoms with van der Waals surface area (Å²) in [5, 5.41) is 0. The number of carbonyl (C=O) groups is 1. The summed E-state index contributed by atoms with van der Waals surface area (Å²) in [5.74, 6) is 1.43. The summed E-state index contributed by atoms with van der Waals surface area (Å²) in [6.07, 6.45) is -0.544. The Bertz CT molecular complexity index is 766. The first-order chi connectivity index (χ1) is 11.1. The van der Waals surface area contributed by atoms with E-state index in [0.717, 1.165) is 16.7 Å². The summed E-state index contributed by atoms with van der Waals surface area (Å²) in [5.41, 5.74) is 2.99. The maximum Gasteiger partial charge on any atom is 0.343 e. The Hall–Kier alpha value is -2.69. The second-order valence-electron chi connectivity index (χ2n) is 5.27. The van der Waals surface area contributed by atoms with Crippen molar-refractivity contribution >= 4 is 5.97 Å². The highest BCUT2D eigenvalue weighted by Crippen LogP contribution is 2.45. The molecular formula is C18H18O5. The van der Waals surface area contributed by atoms with Crippen molar-refractivity contribution in [1.29, 1.82) is 0 Å². The third kappa shape index (κ3) is 2.38. The van der Waals surface area contributed by atoms with Gasteiger partial charge in [-0.1, -0.05) is 6.07 Å². The molecule has 0 amide bonds. The first kappa shape index (κ1) is 15.2. The average molecular weight is 314 g/mol. The molecule has 1 aliphatic heterocycles. The van der Waals surface area contributed by atoms with Crippen molar-refractivity contribution in [3.05, 3.63) is 52.6 Å². The van der Waals surface area contributed by atoms with Crippen molar-refractivity contribution in [2.24, 2.45) is 0 Å². The number of carbonyl (C=O) groups excluding carboxylic acids is 1.